The summed E-state index contributed by atoms with van der Waals surface area (Å²) in [6.45, 7) is 2.10. The predicted octanol–water partition coefficient (Wildman–Crippen LogP) is 2.49. The minimum Gasteiger partial charge on any atom is -0.298 e. The Hall–Kier alpha value is -0.380. The summed E-state index contributed by atoms with van der Waals surface area (Å²) in [5, 5.41) is -0.678. The monoisotopic (exact) mass is 246 g/mol. The summed E-state index contributed by atoms with van der Waals surface area (Å²) in [4.78, 5) is 11.6. The fourth-order valence-corrected chi connectivity index (χ4v) is 4.14. The Kier molecular flexibility index (Phi) is 5.46. The average molecular weight is 246 g/mol. The Balaban J connectivity index is 2.45. The minimum absolute atomic E-state index is 0.0539. The first kappa shape index (κ1) is 13.7. The van der Waals surface area contributed by atoms with Crippen LogP contribution in [0.1, 0.15) is 58.3 Å². The van der Waals surface area contributed by atoms with Gasteiger partial charge in [0.2, 0.25) is 0 Å². The van der Waals surface area contributed by atoms with Crippen LogP contribution in [0.4, 0.5) is 0 Å². The fraction of sp³-hybridized carbons (Fsp3) is 0.917. The highest BCUT2D eigenvalue weighted by Gasteiger charge is 2.33. The normalized spacial score (nSPS) is 22.3. The molecule has 1 saturated carbocycles. The lowest BCUT2D eigenvalue weighted by molar-refractivity contribution is -0.119. The van der Waals surface area contributed by atoms with Crippen LogP contribution in [0.3, 0.4) is 0 Å². The minimum atomic E-state index is -3.16. The molecule has 0 aliphatic heterocycles. The van der Waals surface area contributed by atoms with Crippen LogP contribution in [0, 0.1) is 0 Å². The third-order valence-electron chi connectivity index (χ3n) is 3.21. The summed E-state index contributed by atoms with van der Waals surface area (Å²) in [5.41, 5.74) is 0. The van der Waals surface area contributed by atoms with Crippen LogP contribution in [-0.2, 0) is 14.6 Å². The highest BCUT2D eigenvalue weighted by molar-refractivity contribution is 7.92. The van der Waals surface area contributed by atoms with Crippen LogP contribution in [0.5, 0.6) is 0 Å². The molecule has 0 saturated heterocycles. The first-order chi connectivity index (χ1) is 7.58. The van der Waals surface area contributed by atoms with Gasteiger partial charge in [-0.25, -0.2) is 8.42 Å². The first-order valence-electron chi connectivity index (χ1n) is 6.32. The molecule has 1 aliphatic carbocycles. The van der Waals surface area contributed by atoms with Crippen LogP contribution in [-0.4, -0.2) is 25.2 Å². The highest BCUT2D eigenvalue weighted by Crippen LogP contribution is 2.22. The van der Waals surface area contributed by atoms with E-state index in [9.17, 15) is 13.2 Å². The number of Topliss-reactive ketones (excluding diaryl/α,β-unsaturated/α-hetero) is 1. The van der Waals surface area contributed by atoms with Gasteiger partial charge >= 0.3 is 0 Å². The SMILES string of the molecule is CCCCCCS(=O)(=O)C1CCCCC1=O. The van der Waals surface area contributed by atoms with Crippen molar-refractivity contribution in [2.45, 2.75) is 63.5 Å². The molecule has 94 valence electrons. The van der Waals surface area contributed by atoms with Crippen molar-refractivity contribution in [3.8, 4) is 0 Å². The zero-order valence-corrected chi connectivity index (χ0v) is 10.9. The van der Waals surface area contributed by atoms with Crippen LogP contribution >= 0.6 is 0 Å². The smallest absolute Gasteiger partial charge is 0.160 e. The third-order valence-corrected chi connectivity index (χ3v) is 5.44. The number of hydrogen-bond acceptors (Lipinski definition) is 3. The molecular formula is C12H22O3S. The van der Waals surface area contributed by atoms with E-state index in [0.717, 1.165) is 32.1 Å². The number of rotatable bonds is 6. The molecule has 0 bridgehead atoms. The van der Waals surface area contributed by atoms with E-state index in [1.54, 1.807) is 0 Å². The Bertz CT molecular complexity index is 319. The van der Waals surface area contributed by atoms with Gasteiger partial charge in [-0.15, -0.1) is 0 Å². The number of ketones is 1. The molecular weight excluding hydrogens is 224 g/mol. The Morgan fingerprint density at radius 3 is 2.56 bits per heavy atom. The summed E-state index contributed by atoms with van der Waals surface area (Å²) >= 11 is 0. The van der Waals surface area contributed by atoms with E-state index in [2.05, 4.69) is 6.92 Å². The second-order valence-electron chi connectivity index (χ2n) is 4.63. The lowest BCUT2D eigenvalue weighted by Gasteiger charge is -2.20. The number of carbonyl (C=O) groups is 1. The summed E-state index contributed by atoms with van der Waals surface area (Å²) in [6, 6.07) is 0. The quantitative estimate of drug-likeness (QED) is 0.677. The second kappa shape index (κ2) is 6.38. The lowest BCUT2D eigenvalue weighted by atomic mass is 9.99. The van der Waals surface area contributed by atoms with Gasteiger partial charge in [0, 0.05) is 6.42 Å². The maximum absolute atomic E-state index is 11.9. The van der Waals surface area contributed by atoms with E-state index >= 15 is 0 Å². The molecule has 0 heterocycles. The molecule has 1 aliphatic rings. The number of unbranched alkanes of at least 4 members (excludes halogenated alkanes) is 3. The third kappa shape index (κ3) is 3.89. The molecule has 0 spiro atoms. The molecule has 1 fully saturated rings. The zero-order chi connectivity index (χ0) is 12.0. The molecule has 0 aromatic heterocycles. The van der Waals surface area contributed by atoms with Gasteiger partial charge in [-0.05, 0) is 19.3 Å². The summed E-state index contributed by atoms with van der Waals surface area (Å²) < 4.78 is 23.9. The second-order valence-corrected chi connectivity index (χ2v) is 6.93. The topological polar surface area (TPSA) is 51.2 Å². The number of sulfone groups is 1. The number of carbonyl (C=O) groups excluding carboxylic acids is 1. The largest absolute Gasteiger partial charge is 0.298 e. The van der Waals surface area contributed by atoms with Crippen molar-refractivity contribution in [2.75, 3.05) is 5.75 Å². The van der Waals surface area contributed by atoms with Crippen LogP contribution in [0.25, 0.3) is 0 Å². The van der Waals surface area contributed by atoms with Gasteiger partial charge in [0.05, 0.1) is 5.75 Å². The summed E-state index contributed by atoms with van der Waals surface area (Å²) in [7, 11) is -3.16. The molecule has 0 radical (unpaired) electrons. The molecule has 3 nitrogen and oxygen atoms in total. The van der Waals surface area contributed by atoms with Crippen LogP contribution in [0.2, 0.25) is 0 Å². The predicted molar refractivity (Wildman–Crippen MR) is 65.2 cm³/mol. The summed E-state index contributed by atoms with van der Waals surface area (Å²) in [5.74, 6) is 0.144. The Morgan fingerprint density at radius 2 is 1.94 bits per heavy atom. The van der Waals surface area contributed by atoms with Crippen molar-refractivity contribution >= 4 is 15.6 Å². The molecule has 4 heteroatoms. The summed E-state index contributed by atoms with van der Waals surface area (Å²) in [6.07, 6.45) is 6.59. The molecule has 0 aromatic rings. The first-order valence-corrected chi connectivity index (χ1v) is 8.03. The van der Waals surface area contributed by atoms with Crippen molar-refractivity contribution < 1.29 is 13.2 Å². The lowest BCUT2D eigenvalue weighted by Crippen LogP contribution is -2.34. The molecule has 1 unspecified atom stereocenters. The van der Waals surface area contributed by atoms with Crippen molar-refractivity contribution in [3.63, 3.8) is 0 Å². The van der Waals surface area contributed by atoms with Gasteiger partial charge in [-0.1, -0.05) is 32.6 Å². The van der Waals surface area contributed by atoms with Gasteiger partial charge in [-0.3, -0.25) is 4.79 Å². The average Bonchev–Trinajstić information content (AvgIpc) is 2.25. The van der Waals surface area contributed by atoms with Gasteiger partial charge in [-0.2, -0.15) is 0 Å². The maximum Gasteiger partial charge on any atom is 0.160 e. The molecule has 16 heavy (non-hydrogen) atoms. The van der Waals surface area contributed by atoms with Gasteiger partial charge in [0.15, 0.2) is 15.6 Å². The molecule has 1 atom stereocenters. The van der Waals surface area contributed by atoms with Gasteiger partial charge < -0.3 is 0 Å². The van der Waals surface area contributed by atoms with Crippen molar-refractivity contribution in [1.82, 2.24) is 0 Å². The fourth-order valence-electron chi connectivity index (χ4n) is 2.20. The van der Waals surface area contributed by atoms with E-state index in [1.807, 2.05) is 0 Å². The van der Waals surface area contributed by atoms with E-state index < -0.39 is 15.1 Å². The standard InChI is InChI=1S/C12H22O3S/c1-2-3-4-7-10-16(14,15)12-9-6-5-8-11(12)13/h12H,2-10H2,1H3. The van der Waals surface area contributed by atoms with Crippen LogP contribution in [0.15, 0.2) is 0 Å². The van der Waals surface area contributed by atoms with Crippen molar-refractivity contribution in [3.05, 3.63) is 0 Å². The van der Waals surface area contributed by atoms with Gasteiger partial charge in [0.1, 0.15) is 5.25 Å². The van der Waals surface area contributed by atoms with Crippen molar-refractivity contribution in [1.29, 1.82) is 0 Å². The molecule has 0 aromatic carbocycles. The van der Waals surface area contributed by atoms with E-state index in [4.69, 9.17) is 0 Å². The van der Waals surface area contributed by atoms with E-state index in [1.165, 1.54) is 0 Å². The molecule has 0 N–H and O–H groups in total. The Morgan fingerprint density at radius 1 is 1.19 bits per heavy atom. The Labute approximate surface area is 98.5 Å². The molecule has 0 amide bonds. The highest BCUT2D eigenvalue weighted by atomic mass is 32.2. The van der Waals surface area contributed by atoms with Gasteiger partial charge in [0.25, 0.3) is 0 Å². The van der Waals surface area contributed by atoms with E-state index in [-0.39, 0.29) is 11.5 Å². The molecule has 1 rings (SSSR count). The van der Waals surface area contributed by atoms with Crippen LogP contribution < -0.4 is 0 Å². The zero-order valence-electron chi connectivity index (χ0n) is 10.1. The maximum atomic E-state index is 11.9. The van der Waals surface area contributed by atoms with E-state index in [0.29, 0.717) is 19.3 Å². The van der Waals surface area contributed by atoms with Crippen molar-refractivity contribution in [2.24, 2.45) is 0 Å². The number of hydrogen-bond donors (Lipinski definition) is 0.